The first-order chi connectivity index (χ1) is 13.9. The fraction of sp³-hybridized carbons (Fsp3) is 0.400. The number of aromatic carboxylic acids is 1. The molecule has 0 bridgehead atoms. The van der Waals surface area contributed by atoms with Gasteiger partial charge in [0.25, 0.3) is 5.91 Å². The van der Waals surface area contributed by atoms with E-state index in [0.717, 1.165) is 30.0 Å². The van der Waals surface area contributed by atoms with Crippen molar-refractivity contribution in [2.45, 2.75) is 32.7 Å². The second kappa shape index (κ2) is 7.23. The molecule has 1 amide bonds. The van der Waals surface area contributed by atoms with Crippen molar-refractivity contribution in [3.63, 3.8) is 0 Å². The van der Waals surface area contributed by atoms with Gasteiger partial charge in [-0.15, -0.1) is 0 Å². The Labute approximate surface area is 168 Å². The number of rotatable bonds is 4. The van der Waals surface area contributed by atoms with Crippen LogP contribution in [0.4, 0.5) is 0 Å². The van der Waals surface area contributed by atoms with E-state index in [1.54, 1.807) is 21.8 Å². The predicted molar refractivity (Wildman–Crippen MR) is 105 cm³/mol. The fourth-order valence-electron chi connectivity index (χ4n) is 4.00. The third-order valence-electron chi connectivity index (χ3n) is 5.60. The van der Waals surface area contributed by atoms with Crippen LogP contribution in [0.5, 0.6) is 0 Å². The maximum atomic E-state index is 13.2. The number of carbonyl (C=O) groups is 2. The van der Waals surface area contributed by atoms with Crippen LogP contribution in [0.25, 0.3) is 5.82 Å². The molecule has 1 fully saturated rings. The van der Waals surface area contributed by atoms with Gasteiger partial charge in [0.2, 0.25) is 0 Å². The molecule has 1 aliphatic heterocycles. The molecule has 9 heteroatoms. The van der Waals surface area contributed by atoms with E-state index in [9.17, 15) is 9.59 Å². The third kappa shape index (κ3) is 3.32. The number of carboxylic acids is 1. The van der Waals surface area contributed by atoms with Gasteiger partial charge in [-0.2, -0.15) is 10.2 Å². The molecule has 0 saturated carbocycles. The molecule has 0 aromatic carbocycles. The molecule has 3 aromatic heterocycles. The van der Waals surface area contributed by atoms with Crippen molar-refractivity contribution < 1.29 is 14.7 Å². The second-order valence-corrected chi connectivity index (χ2v) is 7.49. The average Bonchev–Trinajstić information content (AvgIpc) is 3.41. The van der Waals surface area contributed by atoms with Crippen molar-refractivity contribution in [3.8, 4) is 5.82 Å². The summed E-state index contributed by atoms with van der Waals surface area (Å²) in [6.45, 7) is 5.19. The number of aryl methyl sites for hydroxylation is 3. The molecule has 1 N–H and O–H groups in total. The number of aromatic nitrogens is 5. The summed E-state index contributed by atoms with van der Waals surface area (Å²) in [5.74, 6) is -0.246. The number of hydrogen-bond acceptors (Lipinski definition) is 4. The molecule has 4 heterocycles. The number of likely N-dealkylation sites (tertiary alicyclic amines) is 1. The van der Waals surface area contributed by atoms with E-state index in [0.29, 0.717) is 18.7 Å². The van der Waals surface area contributed by atoms with Gasteiger partial charge < -0.3 is 14.6 Å². The summed E-state index contributed by atoms with van der Waals surface area (Å²) in [6, 6.07) is 4.14. The molecule has 0 spiro atoms. The van der Waals surface area contributed by atoms with Crippen molar-refractivity contribution in [1.82, 2.24) is 29.0 Å². The van der Waals surface area contributed by atoms with Gasteiger partial charge in [-0.05, 0) is 38.8 Å². The zero-order valence-corrected chi connectivity index (χ0v) is 16.7. The summed E-state index contributed by atoms with van der Waals surface area (Å²) in [4.78, 5) is 26.1. The first-order valence-corrected chi connectivity index (χ1v) is 9.61. The van der Waals surface area contributed by atoms with Crippen LogP contribution in [0.15, 0.2) is 30.7 Å². The van der Waals surface area contributed by atoms with Crippen LogP contribution in [0.1, 0.15) is 51.0 Å². The predicted octanol–water partition coefficient (Wildman–Crippen LogP) is 2.20. The van der Waals surface area contributed by atoms with Crippen LogP contribution < -0.4 is 0 Å². The Morgan fingerprint density at radius 2 is 1.72 bits per heavy atom. The van der Waals surface area contributed by atoms with Crippen LogP contribution in [0, 0.1) is 13.8 Å². The van der Waals surface area contributed by atoms with Crippen LogP contribution in [-0.4, -0.2) is 59.1 Å². The fourth-order valence-corrected chi connectivity index (χ4v) is 4.00. The highest BCUT2D eigenvalue weighted by Gasteiger charge is 2.29. The first-order valence-electron chi connectivity index (χ1n) is 9.61. The summed E-state index contributed by atoms with van der Waals surface area (Å²) in [6.07, 6.45) is 6.01. The number of carboxylic acid groups (broad SMARTS) is 1. The lowest BCUT2D eigenvalue weighted by molar-refractivity contribution is 0.0688. The highest BCUT2D eigenvalue weighted by molar-refractivity contribution is 5.97. The summed E-state index contributed by atoms with van der Waals surface area (Å²) < 4.78 is 5.48. The Balaban J connectivity index is 1.52. The van der Waals surface area contributed by atoms with Gasteiger partial charge in [-0.25, -0.2) is 4.79 Å². The topological polar surface area (TPSA) is 98.2 Å². The zero-order chi connectivity index (χ0) is 20.7. The summed E-state index contributed by atoms with van der Waals surface area (Å²) in [5.41, 5.74) is 2.86. The van der Waals surface area contributed by atoms with Crippen molar-refractivity contribution in [3.05, 3.63) is 53.2 Å². The number of amides is 1. The Kier molecular flexibility index (Phi) is 4.73. The van der Waals surface area contributed by atoms with E-state index in [4.69, 9.17) is 5.11 Å². The van der Waals surface area contributed by atoms with Gasteiger partial charge in [0.1, 0.15) is 11.4 Å². The molecule has 0 unspecified atom stereocenters. The van der Waals surface area contributed by atoms with Crippen LogP contribution in [0.3, 0.4) is 0 Å². The second-order valence-electron chi connectivity index (χ2n) is 7.49. The molecule has 3 aromatic rings. The molecule has 0 radical (unpaired) electrons. The summed E-state index contributed by atoms with van der Waals surface area (Å²) in [5, 5.41) is 17.6. The van der Waals surface area contributed by atoms with E-state index in [1.165, 1.54) is 6.20 Å². The Bertz CT molecular complexity index is 1050. The molecule has 1 aliphatic rings. The maximum absolute atomic E-state index is 13.2. The van der Waals surface area contributed by atoms with E-state index in [2.05, 4.69) is 10.2 Å². The minimum absolute atomic E-state index is 0.0364. The Morgan fingerprint density at radius 1 is 1.07 bits per heavy atom. The number of piperidine rings is 1. The van der Waals surface area contributed by atoms with E-state index < -0.39 is 5.97 Å². The van der Waals surface area contributed by atoms with Gasteiger partial charge in [-0.1, -0.05) is 0 Å². The monoisotopic (exact) mass is 396 g/mol. The number of hydrogen-bond donors (Lipinski definition) is 1. The van der Waals surface area contributed by atoms with Gasteiger partial charge >= 0.3 is 5.97 Å². The van der Waals surface area contributed by atoms with Crippen LogP contribution >= 0.6 is 0 Å². The number of carbonyl (C=O) groups excluding carboxylic acids is 1. The Morgan fingerprint density at radius 3 is 2.31 bits per heavy atom. The van der Waals surface area contributed by atoms with Crippen LogP contribution in [-0.2, 0) is 7.05 Å². The van der Waals surface area contributed by atoms with Crippen LogP contribution in [0.2, 0.25) is 0 Å². The molecular weight excluding hydrogens is 372 g/mol. The lowest BCUT2D eigenvalue weighted by Gasteiger charge is -2.32. The molecule has 9 nitrogen and oxygen atoms in total. The lowest BCUT2D eigenvalue weighted by Crippen LogP contribution is -2.39. The minimum atomic E-state index is -0.983. The largest absolute Gasteiger partial charge is 0.478 e. The lowest BCUT2D eigenvalue weighted by atomic mass is 10.0. The van der Waals surface area contributed by atoms with E-state index >= 15 is 0 Å². The van der Waals surface area contributed by atoms with Gasteiger partial charge in [0, 0.05) is 37.7 Å². The smallest absolute Gasteiger partial charge is 0.338 e. The highest BCUT2D eigenvalue weighted by atomic mass is 16.4. The molecule has 4 rings (SSSR count). The molecule has 29 heavy (non-hydrogen) atoms. The van der Waals surface area contributed by atoms with Gasteiger partial charge in [0.05, 0.1) is 24.0 Å². The van der Waals surface area contributed by atoms with Crippen molar-refractivity contribution in [2.75, 3.05) is 13.1 Å². The minimum Gasteiger partial charge on any atom is -0.478 e. The quantitative estimate of drug-likeness (QED) is 0.729. The van der Waals surface area contributed by atoms with Crippen molar-refractivity contribution in [2.24, 2.45) is 7.05 Å². The molecular formula is C20H24N6O3. The van der Waals surface area contributed by atoms with E-state index in [1.807, 2.05) is 42.5 Å². The maximum Gasteiger partial charge on any atom is 0.338 e. The van der Waals surface area contributed by atoms with Crippen molar-refractivity contribution in [1.29, 1.82) is 0 Å². The SMILES string of the molecule is Cc1ccc(C)n1-c1c(C(=O)N2CCC(n3cc(C(=O)O)cn3)CC2)cnn1C. The summed E-state index contributed by atoms with van der Waals surface area (Å²) in [7, 11) is 1.84. The highest BCUT2D eigenvalue weighted by Crippen LogP contribution is 2.26. The summed E-state index contributed by atoms with van der Waals surface area (Å²) >= 11 is 0. The first kappa shape index (κ1) is 19.0. The molecule has 152 valence electrons. The van der Waals surface area contributed by atoms with Crippen molar-refractivity contribution >= 4 is 11.9 Å². The number of nitrogens with zero attached hydrogens (tertiary/aromatic N) is 6. The normalized spacial score (nSPS) is 15.1. The van der Waals surface area contributed by atoms with Gasteiger partial charge in [-0.3, -0.25) is 14.2 Å². The van der Waals surface area contributed by atoms with E-state index in [-0.39, 0.29) is 17.5 Å². The Hall–Kier alpha value is -3.36. The zero-order valence-electron chi connectivity index (χ0n) is 16.7. The molecule has 0 atom stereocenters. The molecule has 1 saturated heterocycles. The molecule has 0 aliphatic carbocycles. The third-order valence-corrected chi connectivity index (χ3v) is 5.60. The van der Waals surface area contributed by atoms with Gasteiger partial charge in [0.15, 0.2) is 0 Å². The average molecular weight is 396 g/mol. The standard InChI is InChI=1S/C20H24N6O3/c1-13-4-5-14(2)26(13)18-17(11-21-23(18)3)19(27)24-8-6-16(7-9-24)25-12-15(10-22-25)20(28)29/h4-5,10-12,16H,6-9H2,1-3H3,(H,28,29).